The first kappa shape index (κ1) is 21.0. The van der Waals surface area contributed by atoms with Gasteiger partial charge in [0.05, 0.1) is 5.60 Å². The van der Waals surface area contributed by atoms with Gasteiger partial charge in [-0.1, -0.05) is 18.2 Å². The predicted octanol–water partition coefficient (Wildman–Crippen LogP) is 2.83. The number of likely N-dealkylation sites (tertiary alicyclic amines) is 1. The molecule has 2 bridgehead atoms. The zero-order chi connectivity index (χ0) is 22.8. The third-order valence-electron chi connectivity index (χ3n) is 8.78. The predicted molar refractivity (Wildman–Crippen MR) is 124 cm³/mol. The van der Waals surface area contributed by atoms with Crippen molar-refractivity contribution in [2.45, 2.75) is 62.1 Å². The molecule has 2 aromatic carbocycles. The molecule has 1 aliphatic heterocycles. The van der Waals surface area contributed by atoms with Crippen LogP contribution in [0.4, 0.5) is 0 Å². The molecule has 4 aliphatic rings. The number of rotatable bonds is 5. The average Bonchev–Trinajstić information content (AvgIpc) is 3.54. The Labute approximate surface area is 194 Å². The van der Waals surface area contributed by atoms with Crippen LogP contribution in [0.5, 0.6) is 11.5 Å². The summed E-state index contributed by atoms with van der Waals surface area (Å²) < 4.78 is 0. The normalized spacial score (nSPS) is 32.8. The number of amides is 1. The molecule has 1 amide bonds. The lowest BCUT2D eigenvalue weighted by Crippen LogP contribution is -2.69. The van der Waals surface area contributed by atoms with Gasteiger partial charge in [0, 0.05) is 30.5 Å². The molecule has 0 aromatic heterocycles. The molecule has 3 fully saturated rings. The second-order valence-corrected chi connectivity index (χ2v) is 10.7. The average molecular weight is 449 g/mol. The fourth-order valence-electron chi connectivity index (χ4n) is 6.96. The van der Waals surface area contributed by atoms with Gasteiger partial charge < -0.3 is 20.6 Å². The molecule has 2 saturated carbocycles. The molecule has 0 radical (unpaired) electrons. The smallest absolute Gasteiger partial charge is 0.223 e. The maximum absolute atomic E-state index is 13.3. The van der Waals surface area contributed by atoms with Crippen molar-refractivity contribution in [3.63, 3.8) is 0 Å². The summed E-state index contributed by atoms with van der Waals surface area (Å²) in [5, 5.41) is 35.1. The van der Waals surface area contributed by atoms with Gasteiger partial charge in [0.15, 0.2) is 0 Å². The Bertz CT molecular complexity index is 1080. The zero-order valence-electron chi connectivity index (χ0n) is 18.8. The number of carbonyl (C=O) groups is 1. The van der Waals surface area contributed by atoms with Gasteiger partial charge in [0.2, 0.25) is 5.91 Å². The van der Waals surface area contributed by atoms with Gasteiger partial charge in [-0.25, -0.2) is 0 Å². The van der Waals surface area contributed by atoms with Crippen molar-refractivity contribution in [2.24, 2.45) is 11.8 Å². The minimum Gasteiger partial charge on any atom is -0.508 e. The molecule has 6 rings (SSSR count). The first-order valence-corrected chi connectivity index (χ1v) is 12.2. The number of phenolic OH excluding ortho intramolecular Hbond substituents is 2. The van der Waals surface area contributed by atoms with Crippen LogP contribution in [0.25, 0.3) is 0 Å². The van der Waals surface area contributed by atoms with E-state index in [0.29, 0.717) is 19.4 Å². The Morgan fingerprint density at radius 2 is 1.82 bits per heavy atom. The fraction of sp³-hybridized carbons (Fsp3) is 0.519. The van der Waals surface area contributed by atoms with Gasteiger partial charge in [0.1, 0.15) is 11.5 Å². The summed E-state index contributed by atoms with van der Waals surface area (Å²) >= 11 is 0. The Morgan fingerprint density at radius 3 is 2.58 bits per heavy atom. The van der Waals surface area contributed by atoms with Crippen LogP contribution < -0.4 is 5.32 Å². The van der Waals surface area contributed by atoms with Crippen LogP contribution >= 0.6 is 0 Å². The first-order chi connectivity index (χ1) is 15.9. The van der Waals surface area contributed by atoms with E-state index >= 15 is 0 Å². The van der Waals surface area contributed by atoms with Crippen molar-refractivity contribution < 1.29 is 20.1 Å². The number of hydrogen-bond acceptors (Lipinski definition) is 5. The third-order valence-corrected chi connectivity index (χ3v) is 8.78. The van der Waals surface area contributed by atoms with Crippen LogP contribution in [0.15, 0.2) is 42.5 Å². The maximum atomic E-state index is 13.3. The Morgan fingerprint density at radius 1 is 1.06 bits per heavy atom. The molecule has 3 aliphatic carbocycles. The third kappa shape index (κ3) is 3.34. The quantitative estimate of drug-likeness (QED) is 0.565. The van der Waals surface area contributed by atoms with Gasteiger partial charge >= 0.3 is 0 Å². The van der Waals surface area contributed by atoms with Crippen LogP contribution in [0.3, 0.4) is 0 Å². The molecule has 6 nitrogen and oxygen atoms in total. The second kappa shape index (κ2) is 7.47. The molecule has 1 saturated heterocycles. The lowest BCUT2D eigenvalue weighted by molar-refractivity contribution is -0.134. The van der Waals surface area contributed by atoms with Crippen LogP contribution in [-0.2, 0) is 23.2 Å². The highest BCUT2D eigenvalue weighted by Crippen LogP contribution is 2.62. The summed E-state index contributed by atoms with van der Waals surface area (Å²) in [7, 11) is 0. The molecule has 4 N–H and O–H groups in total. The van der Waals surface area contributed by atoms with E-state index in [0.717, 1.165) is 43.0 Å². The van der Waals surface area contributed by atoms with Crippen LogP contribution in [0, 0.1) is 11.8 Å². The van der Waals surface area contributed by atoms with Crippen LogP contribution in [-0.4, -0.2) is 50.9 Å². The molecule has 0 spiro atoms. The van der Waals surface area contributed by atoms with Crippen molar-refractivity contribution in [1.82, 2.24) is 10.2 Å². The molecule has 33 heavy (non-hydrogen) atoms. The van der Waals surface area contributed by atoms with Gasteiger partial charge in [-0.3, -0.25) is 9.69 Å². The van der Waals surface area contributed by atoms with E-state index in [1.165, 1.54) is 18.4 Å². The summed E-state index contributed by atoms with van der Waals surface area (Å²) in [6.07, 6.45) is 5.19. The topological polar surface area (TPSA) is 93.0 Å². The van der Waals surface area contributed by atoms with Gasteiger partial charge in [-0.05, 0) is 91.9 Å². The van der Waals surface area contributed by atoms with E-state index < -0.39 is 11.0 Å². The highest BCUT2D eigenvalue weighted by molar-refractivity contribution is 5.80. The van der Waals surface area contributed by atoms with E-state index in [-0.39, 0.29) is 29.4 Å². The Balaban J connectivity index is 1.30. The van der Waals surface area contributed by atoms with Crippen molar-refractivity contribution in [3.05, 3.63) is 59.2 Å². The van der Waals surface area contributed by atoms with E-state index in [2.05, 4.69) is 10.2 Å². The van der Waals surface area contributed by atoms with E-state index in [1.807, 2.05) is 12.1 Å². The van der Waals surface area contributed by atoms with Gasteiger partial charge in [-0.2, -0.15) is 0 Å². The molecule has 2 aromatic rings. The number of aliphatic hydroxyl groups is 1. The second-order valence-electron chi connectivity index (χ2n) is 10.7. The molecular formula is C27H32N2O4. The van der Waals surface area contributed by atoms with Crippen LogP contribution in [0.1, 0.15) is 48.8 Å². The molecule has 4 atom stereocenters. The largest absolute Gasteiger partial charge is 0.508 e. The number of hydrogen-bond donors (Lipinski definition) is 4. The molecular weight excluding hydrogens is 416 g/mol. The summed E-state index contributed by atoms with van der Waals surface area (Å²) in [6, 6.07) is 12.5. The highest BCUT2D eigenvalue weighted by Gasteiger charge is 2.68. The number of phenols is 2. The van der Waals surface area contributed by atoms with Crippen LogP contribution in [0.2, 0.25) is 0 Å². The first-order valence-electron chi connectivity index (χ1n) is 12.2. The number of carbonyl (C=O) groups excluding carboxylic acids is 1. The van der Waals surface area contributed by atoms with Crippen molar-refractivity contribution in [1.29, 1.82) is 0 Å². The SMILES string of the molecule is O=C(NCc1ccc(O)cc1)[C@H]1C[C@]23CCN(CC4CC4)[C@H](Cc4ccc(O)cc42)[C@]3(O)C1. The van der Waals surface area contributed by atoms with Crippen molar-refractivity contribution in [2.75, 3.05) is 13.1 Å². The lowest BCUT2D eigenvalue weighted by Gasteiger charge is -2.59. The molecule has 6 heteroatoms. The van der Waals surface area contributed by atoms with Gasteiger partial charge in [-0.15, -0.1) is 0 Å². The lowest BCUT2D eigenvalue weighted by atomic mass is 9.56. The molecule has 0 unspecified atom stereocenters. The minimum atomic E-state index is -0.971. The monoisotopic (exact) mass is 448 g/mol. The number of aromatic hydroxyl groups is 2. The number of nitrogens with zero attached hydrogens (tertiary/aromatic N) is 1. The van der Waals surface area contributed by atoms with E-state index in [9.17, 15) is 20.1 Å². The molecule has 174 valence electrons. The number of fused-ring (bicyclic) bond motifs is 1. The molecule has 1 heterocycles. The minimum absolute atomic E-state index is 0.0128. The summed E-state index contributed by atoms with van der Waals surface area (Å²) in [4.78, 5) is 15.8. The van der Waals surface area contributed by atoms with E-state index in [1.54, 1.807) is 30.3 Å². The Hall–Kier alpha value is -2.57. The standard InChI is InChI=1S/C27H32N2O4/c30-21-6-3-17(4-7-21)15-28-25(32)20-13-26-9-10-29(16-18-1-2-18)24(27(26,33)14-20)11-19-5-8-22(31)12-23(19)26/h3-8,12,18,20,24,30-31,33H,1-2,9-11,13-16H2,(H,28,32)/t20-,24+,26+,27+/m0/s1. The van der Waals surface area contributed by atoms with Crippen molar-refractivity contribution in [3.8, 4) is 11.5 Å². The Kier molecular flexibility index (Phi) is 4.75. The maximum Gasteiger partial charge on any atom is 0.223 e. The van der Waals surface area contributed by atoms with E-state index in [4.69, 9.17) is 0 Å². The summed E-state index contributed by atoms with van der Waals surface area (Å²) in [5.41, 5.74) is 1.71. The van der Waals surface area contributed by atoms with Crippen molar-refractivity contribution >= 4 is 5.91 Å². The fourth-order valence-corrected chi connectivity index (χ4v) is 6.96. The van der Waals surface area contributed by atoms with Gasteiger partial charge in [0.25, 0.3) is 0 Å². The number of nitrogens with one attached hydrogen (secondary N) is 1. The zero-order valence-corrected chi connectivity index (χ0v) is 18.8. The highest BCUT2D eigenvalue weighted by atomic mass is 16.3. The summed E-state index contributed by atoms with van der Waals surface area (Å²) in [6.45, 7) is 2.37. The summed E-state index contributed by atoms with van der Waals surface area (Å²) in [5.74, 6) is 0.874. The number of benzene rings is 2. The number of piperidine rings is 1.